The molecule has 0 radical (unpaired) electrons. The summed E-state index contributed by atoms with van der Waals surface area (Å²) in [6, 6.07) is 24.8. The molecule has 0 aliphatic rings. The molecule has 0 spiro atoms. The van der Waals surface area contributed by atoms with Gasteiger partial charge in [-0.2, -0.15) is 15.0 Å². The van der Waals surface area contributed by atoms with E-state index in [0.717, 1.165) is 35.7 Å². The van der Waals surface area contributed by atoms with Crippen molar-refractivity contribution >= 4 is 0 Å². The lowest BCUT2D eigenvalue weighted by atomic mass is 10.1. The van der Waals surface area contributed by atoms with Gasteiger partial charge in [0.2, 0.25) is 0 Å². The lowest BCUT2D eigenvalue weighted by Gasteiger charge is -2.06. The molecule has 0 saturated heterocycles. The lowest BCUT2D eigenvalue weighted by molar-refractivity contribution is 0.414. The molecule has 31 heavy (non-hydrogen) atoms. The third-order valence-corrected chi connectivity index (χ3v) is 5.08. The number of benzene rings is 3. The Morgan fingerprint density at radius 2 is 1.65 bits per heavy atom. The van der Waals surface area contributed by atoms with Gasteiger partial charge in [0.1, 0.15) is 23.0 Å². The van der Waals surface area contributed by atoms with Crippen molar-refractivity contribution in [3.63, 3.8) is 0 Å². The van der Waals surface area contributed by atoms with Crippen molar-refractivity contribution in [3.05, 3.63) is 102 Å². The van der Waals surface area contributed by atoms with Crippen molar-refractivity contribution in [3.8, 4) is 17.0 Å². The summed E-state index contributed by atoms with van der Waals surface area (Å²) < 4.78 is 19.3. The van der Waals surface area contributed by atoms with Crippen LogP contribution in [0.2, 0.25) is 0 Å². The van der Waals surface area contributed by atoms with Crippen LogP contribution in [0.25, 0.3) is 11.3 Å². The van der Waals surface area contributed by atoms with E-state index in [9.17, 15) is 4.39 Å². The fourth-order valence-electron chi connectivity index (χ4n) is 3.40. The van der Waals surface area contributed by atoms with E-state index in [-0.39, 0.29) is 5.82 Å². The number of rotatable bonds is 9. The fourth-order valence-corrected chi connectivity index (χ4v) is 3.40. The Kier molecular flexibility index (Phi) is 6.69. The van der Waals surface area contributed by atoms with Gasteiger partial charge in [-0.15, -0.1) is 0 Å². The van der Waals surface area contributed by atoms with Gasteiger partial charge < -0.3 is 10.1 Å². The molecular formula is C25H25FN4O. The summed E-state index contributed by atoms with van der Waals surface area (Å²) in [6.07, 6.45) is 0.897. The number of nitrogens with zero attached hydrogens (tertiary/aromatic N) is 3. The third-order valence-electron chi connectivity index (χ3n) is 5.08. The SMILES string of the molecule is COc1ccc(CCNCc2nn(Cc3ccccc3F)nc2-c2ccccc2)cc1. The van der Waals surface area contributed by atoms with Crippen LogP contribution in [-0.4, -0.2) is 28.6 Å². The molecular weight excluding hydrogens is 391 g/mol. The molecule has 3 aromatic carbocycles. The minimum Gasteiger partial charge on any atom is -0.497 e. The van der Waals surface area contributed by atoms with Gasteiger partial charge in [-0.1, -0.05) is 60.7 Å². The maximum atomic E-state index is 14.1. The first-order chi connectivity index (χ1) is 15.2. The van der Waals surface area contributed by atoms with E-state index in [0.29, 0.717) is 18.7 Å². The van der Waals surface area contributed by atoms with E-state index >= 15 is 0 Å². The van der Waals surface area contributed by atoms with Gasteiger partial charge >= 0.3 is 0 Å². The van der Waals surface area contributed by atoms with Gasteiger partial charge in [0.05, 0.1) is 13.7 Å². The number of aromatic nitrogens is 3. The average Bonchev–Trinajstić information content (AvgIpc) is 3.22. The molecule has 0 atom stereocenters. The summed E-state index contributed by atoms with van der Waals surface area (Å²) in [5.74, 6) is 0.607. The van der Waals surface area contributed by atoms with Crippen LogP contribution in [0.5, 0.6) is 5.75 Å². The van der Waals surface area contributed by atoms with Gasteiger partial charge in [-0.3, -0.25) is 0 Å². The van der Waals surface area contributed by atoms with E-state index in [4.69, 9.17) is 4.74 Å². The summed E-state index contributed by atoms with van der Waals surface area (Å²) in [4.78, 5) is 1.57. The molecule has 1 N–H and O–H groups in total. The molecule has 0 amide bonds. The van der Waals surface area contributed by atoms with Crippen LogP contribution < -0.4 is 10.1 Å². The van der Waals surface area contributed by atoms with Crippen molar-refractivity contribution in [2.24, 2.45) is 0 Å². The highest BCUT2D eigenvalue weighted by molar-refractivity contribution is 5.60. The van der Waals surface area contributed by atoms with Crippen LogP contribution in [0.3, 0.4) is 0 Å². The number of hydrogen-bond acceptors (Lipinski definition) is 4. The Morgan fingerprint density at radius 1 is 0.903 bits per heavy atom. The molecule has 4 rings (SSSR count). The Morgan fingerprint density at radius 3 is 2.39 bits per heavy atom. The zero-order chi connectivity index (χ0) is 21.5. The van der Waals surface area contributed by atoms with Gasteiger partial charge in [-0.05, 0) is 36.7 Å². The molecule has 4 aromatic rings. The number of halogens is 1. The minimum atomic E-state index is -0.250. The fraction of sp³-hybridized carbons (Fsp3) is 0.200. The van der Waals surface area contributed by atoms with Crippen LogP contribution in [0, 0.1) is 5.82 Å². The van der Waals surface area contributed by atoms with Crippen molar-refractivity contribution in [1.82, 2.24) is 20.3 Å². The van der Waals surface area contributed by atoms with Crippen LogP contribution in [0.15, 0.2) is 78.9 Å². The number of methoxy groups -OCH3 is 1. The predicted molar refractivity (Wildman–Crippen MR) is 119 cm³/mol. The first kappa shape index (κ1) is 20.8. The van der Waals surface area contributed by atoms with E-state index in [2.05, 4.69) is 27.6 Å². The van der Waals surface area contributed by atoms with Crippen molar-refractivity contribution in [2.45, 2.75) is 19.5 Å². The van der Waals surface area contributed by atoms with Crippen molar-refractivity contribution < 1.29 is 9.13 Å². The normalized spacial score (nSPS) is 10.9. The molecule has 0 fully saturated rings. The first-order valence-electron chi connectivity index (χ1n) is 10.3. The zero-order valence-electron chi connectivity index (χ0n) is 17.5. The van der Waals surface area contributed by atoms with E-state index in [1.54, 1.807) is 24.0 Å². The summed E-state index contributed by atoms with van der Waals surface area (Å²) in [6.45, 7) is 1.68. The quantitative estimate of drug-likeness (QED) is 0.409. The van der Waals surface area contributed by atoms with Crippen LogP contribution >= 0.6 is 0 Å². The number of ether oxygens (including phenoxy) is 1. The van der Waals surface area contributed by atoms with E-state index in [1.807, 2.05) is 48.5 Å². The highest BCUT2D eigenvalue weighted by Gasteiger charge is 2.14. The molecule has 1 aromatic heterocycles. The van der Waals surface area contributed by atoms with E-state index in [1.165, 1.54) is 11.6 Å². The van der Waals surface area contributed by atoms with Crippen molar-refractivity contribution in [1.29, 1.82) is 0 Å². The average molecular weight is 417 g/mol. The molecule has 0 aliphatic carbocycles. The molecule has 1 heterocycles. The van der Waals surface area contributed by atoms with Gasteiger partial charge in [0.15, 0.2) is 0 Å². The number of nitrogens with one attached hydrogen (secondary N) is 1. The standard InChI is InChI=1S/C25H25FN4O/c1-31-22-13-11-19(12-14-22)15-16-27-17-24-25(20-7-3-2-4-8-20)29-30(28-24)18-21-9-5-6-10-23(21)26/h2-14,27H,15-18H2,1H3. The third kappa shape index (κ3) is 5.35. The van der Waals surface area contributed by atoms with Gasteiger partial charge in [0, 0.05) is 17.7 Å². The zero-order valence-corrected chi connectivity index (χ0v) is 17.5. The second kappa shape index (κ2) is 10.00. The molecule has 0 aliphatic heterocycles. The second-order valence-corrected chi connectivity index (χ2v) is 7.26. The molecule has 5 nitrogen and oxygen atoms in total. The molecule has 0 saturated carbocycles. The summed E-state index contributed by atoms with van der Waals surface area (Å²) in [5, 5.41) is 12.8. The highest BCUT2D eigenvalue weighted by atomic mass is 19.1. The monoisotopic (exact) mass is 416 g/mol. The van der Waals surface area contributed by atoms with Crippen LogP contribution in [0.1, 0.15) is 16.8 Å². The second-order valence-electron chi connectivity index (χ2n) is 7.26. The van der Waals surface area contributed by atoms with Crippen LogP contribution in [0.4, 0.5) is 4.39 Å². The highest BCUT2D eigenvalue weighted by Crippen LogP contribution is 2.21. The summed E-state index contributed by atoms with van der Waals surface area (Å²) in [5.41, 5.74) is 4.45. The Hall–Kier alpha value is -3.51. The first-order valence-corrected chi connectivity index (χ1v) is 10.3. The minimum absolute atomic E-state index is 0.250. The molecule has 0 unspecified atom stereocenters. The molecule has 0 bridgehead atoms. The number of hydrogen-bond donors (Lipinski definition) is 1. The topological polar surface area (TPSA) is 52.0 Å². The largest absolute Gasteiger partial charge is 0.497 e. The van der Waals surface area contributed by atoms with Gasteiger partial charge in [-0.25, -0.2) is 4.39 Å². The molecule has 158 valence electrons. The maximum Gasteiger partial charge on any atom is 0.128 e. The van der Waals surface area contributed by atoms with Crippen molar-refractivity contribution in [2.75, 3.05) is 13.7 Å². The summed E-state index contributed by atoms with van der Waals surface area (Å²) >= 11 is 0. The smallest absolute Gasteiger partial charge is 0.128 e. The lowest BCUT2D eigenvalue weighted by Crippen LogP contribution is -2.17. The van der Waals surface area contributed by atoms with Crippen LogP contribution in [-0.2, 0) is 19.5 Å². The summed E-state index contributed by atoms with van der Waals surface area (Å²) in [7, 11) is 1.67. The Labute approximate surface area is 181 Å². The van der Waals surface area contributed by atoms with Gasteiger partial charge in [0.25, 0.3) is 0 Å². The maximum absolute atomic E-state index is 14.1. The Balaban J connectivity index is 1.46. The predicted octanol–water partition coefficient (Wildman–Crippen LogP) is 4.47. The van der Waals surface area contributed by atoms with E-state index < -0.39 is 0 Å². The Bertz CT molecular complexity index is 1110. The molecule has 6 heteroatoms.